The Morgan fingerprint density at radius 3 is 2.29 bits per heavy atom. The number of hydrogen-bond acceptors (Lipinski definition) is 7. The molecular weight excluding hydrogens is 620 g/mol. The summed E-state index contributed by atoms with van der Waals surface area (Å²) in [4.78, 5) is 36.4. The van der Waals surface area contributed by atoms with Crippen molar-refractivity contribution in [3.05, 3.63) is 83.7 Å². The van der Waals surface area contributed by atoms with Gasteiger partial charge in [-0.25, -0.2) is 9.97 Å². The summed E-state index contributed by atoms with van der Waals surface area (Å²) in [6.07, 6.45) is 8.70. The zero-order valence-corrected chi connectivity index (χ0v) is 27.0. The summed E-state index contributed by atoms with van der Waals surface area (Å²) < 4.78 is 38.9. The molecule has 1 fully saturated rings. The van der Waals surface area contributed by atoms with Gasteiger partial charge < -0.3 is 10.6 Å². The highest BCUT2D eigenvalue weighted by molar-refractivity contribution is 7.99. The van der Waals surface area contributed by atoms with Gasteiger partial charge in [0.1, 0.15) is 16.4 Å². The predicted molar refractivity (Wildman–Crippen MR) is 174 cm³/mol. The lowest BCUT2D eigenvalue weighted by Gasteiger charge is -2.31. The average Bonchev–Trinajstić information content (AvgIpc) is 3.05. The summed E-state index contributed by atoms with van der Waals surface area (Å²) in [5.74, 6) is -0.213. The van der Waals surface area contributed by atoms with Crippen LogP contribution in [0.4, 0.5) is 13.2 Å². The smallest absolute Gasteiger partial charge is 0.353 e. The largest absolute Gasteiger partial charge is 0.416 e. The van der Waals surface area contributed by atoms with E-state index in [0.717, 1.165) is 73.1 Å². The van der Waals surface area contributed by atoms with Crippen molar-refractivity contribution in [3.63, 3.8) is 0 Å². The van der Waals surface area contributed by atoms with E-state index in [1.165, 1.54) is 12.1 Å². The molecule has 2 amide bonds. The van der Waals surface area contributed by atoms with E-state index in [1.54, 1.807) is 54.1 Å². The first kappa shape index (κ1) is 34.5. The van der Waals surface area contributed by atoms with Crippen molar-refractivity contribution >= 4 is 35.3 Å². The number of amides is 2. The number of nitrogens with zero attached hydrogens (tertiary/aromatic N) is 3. The van der Waals surface area contributed by atoms with Crippen molar-refractivity contribution in [2.75, 3.05) is 38.7 Å². The van der Waals surface area contributed by atoms with Crippen LogP contribution in [0.2, 0.25) is 0 Å². The van der Waals surface area contributed by atoms with E-state index in [2.05, 4.69) is 31.6 Å². The summed E-state index contributed by atoms with van der Waals surface area (Å²) >= 11 is 3.19. The Labute approximate surface area is 270 Å². The maximum absolute atomic E-state index is 13.2. The van der Waals surface area contributed by atoms with Crippen LogP contribution in [0.5, 0.6) is 0 Å². The average molecular weight is 658 g/mol. The molecule has 2 heterocycles. The second-order valence-corrected chi connectivity index (χ2v) is 12.3. The predicted octanol–water partition coefficient (Wildman–Crippen LogP) is 6.50. The van der Waals surface area contributed by atoms with Crippen LogP contribution in [0.15, 0.2) is 77.1 Å². The van der Waals surface area contributed by atoms with Gasteiger partial charge in [-0.3, -0.25) is 14.5 Å². The fourth-order valence-corrected chi connectivity index (χ4v) is 6.50. The molecule has 0 saturated carbocycles. The summed E-state index contributed by atoms with van der Waals surface area (Å²) in [6, 6.07) is 11.8. The molecule has 45 heavy (non-hydrogen) atoms. The summed E-state index contributed by atoms with van der Waals surface area (Å²) in [5, 5.41) is 7.99. The Kier molecular flexibility index (Phi) is 12.9. The van der Waals surface area contributed by atoms with E-state index in [-0.39, 0.29) is 17.9 Å². The normalized spacial score (nSPS) is 14.5. The Bertz CT molecular complexity index is 1440. The molecule has 4 rings (SSSR count). The first-order chi connectivity index (χ1) is 21.7. The maximum atomic E-state index is 13.2. The van der Waals surface area contributed by atoms with Crippen molar-refractivity contribution < 1.29 is 22.8 Å². The van der Waals surface area contributed by atoms with Gasteiger partial charge in [0.15, 0.2) is 0 Å². The van der Waals surface area contributed by atoms with Crippen LogP contribution >= 0.6 is 23.5 Å². The molecule has 2 aromatic carbocycles. The third-order valence-corrected chi connectivity index (χ3v) is 9.13. The minimum absolute atomic E-state index is 0.0131. The number of carbonyl (C=O) groups excluding carboxylic acids is 2. The Hall–Kier alpha value is -3.35. The van der Waals surface area contributed by atoms with Gasteiger partial charge in [-0.2, -0.15) is 13.2 Å². The second-order valence-electron chi connectivity index (χ2n) is 10.7. The van der Waals surface area contributed by atoms with Crippen molar-refractivity contribution in [2.45, 2.75) is 54.4 Å². The molecule has 1 aliphatic rings. The van der Waals surface area contributed by atoms with Gasteiger partial charge in [-0.15, -0.1) is 23.5 Å². The standard InChI is InChI=1S/C33H38F3N5O2S2/c1-44-31-28(32(45-2)39-22-38-31)10-7-11-29(42)37-18-5-6-19-41-20-16-25(17-21-41)40-30(43)27-9-4-3-8-26(27)23-12-14-24(15-13-23)33(34,35)36/h3-6,8-9,12-15,22,25H,7,10-11,16-21H2,1-2H3,(H,37,42)(H,40,43). The number of aromatic nitrogens is 2. The van der Waals surface area contributed by atoms with Gasteiger partial charge in [0.05, 0.1) is 5.56 Å². The van der Waals surface area contributed by atoms with E-state index in [4.69, 9.17) is 0 Å². The summed E-state index contributed by atoms with van der Waals surface area (Å²) in [5.41, 5.74) is 1.98. The minimum atomic E-state index is -4.41. The van der Waals surface area contributed by atoms with Gasteiger partial charge >= 0.3 is 6.18 Å². The van der Waals surface area contributed by atoms with E-state index >= 15 is 0 Å². The fraction of sp³-hybridized carbons (Fsp3) is 0.394. The number of halogens is 3. The number of rotatable bonds is 13. The summed E-state index contributed by atoms with van der Waals surface area (Å²) in [7, 11) is 0. The van der Waals surface area contributed by atoms with Crippen molar-refractivity contribution in [3.8, 4) is 11.1 Å². The number of nitrogens with one attached hydrogen (secondary N) is 2. The highest BCUT2D eigenvalue weighted by Crippen LogP contribution is 2.32. The third-order valence-electron chi connectivity index (χ3n) is 7.65. The summed E-state index contributed by atoms with van der Waals surface area (Å²) in [6.45, 7) is 2.88. The van der Waals surface area contributed by atoms with Crippen molar-refractivity contribution in [2.24, 2.45) is 0 Å². The molecule has 7 nitrogen and oxygen atoms in total. The van der Waals surface area contributed by atoms with Crippen LogP contribution in [-0.4, -0.2) is 71.4 Å². The molecule has 0 bridgehead atoms. The molecule has 0 spiro atoms. The molecule has 0 aliphatic carbocycles. The Morgan fingerprint density at radius 1 is 0.978 bits per heavy atom. The first-order valence-corrected chi connectivity index (χ1v) is 17.3. The Morgan fingerprint density at radius 2 is 1.64 bits per heavy atom. The number of thioether (sulfide) groups is 2. The molecular formula is C33H38F3N5O2S2. The van der Waals surface area contributed by atoms with E-state index < -0.39 is 11.7 Å². The number of benzene rings is 2. The molecule has 3 aromatic rings. The number of alkyl halides is 3. The van der Waals surface area contributed by atoms with E-state index in [1.807, 2.05) is 18.6 Å². The SMILES string of the molecule is CSc1ncnc(SC)c1CCCC(=O)NCC=CCN1CCC(NC(=O)c2ccccc2-c2ccc(C(F)(F)F)cc2)CC1. The lowest BCUT2D eigenvalue weighted by Crippen LogP contribution is -2.44. The second kappa shape index (κ2) is 16.8. The van der Waals surface area contributed by atoms with Crippen LogP contribution in [0.25, 0.3) is 11.1 Å². The molecule has 0 radical (unpaired) electrons. The topological polar surface area (TPSA) is 87.2 Å². The van der Waals surface area contributed by atoms with E-state index in [0.29, 0.717) is 29.7 Å². The number of carbonyl (C=O) groups is 2. The van der Waals surface area contributed by atoms with Gasteiger partial charge in [-0.1, -0.05) is 42.5 Å². The zero-order valence-electron chi connectivity index (χ0n) is 25.4. The number of likely N-dealkylation sites (tertiary alicyclic amines) is 1. The van der Waals surface area contributed by atoms with Crippen LogP contribution in [-0.2, 0) is 17.4 Å². The number of hydrogen-bond donors (Lipinski definition) is 2. The zero-order chi connectivity index (χ0) is 32.2. The quantitative estimate of drug-likeness (QED) is 0.123. The number of piperidine rings is 1. The van der Waals surface area contributed by atoms with Crippen LogP contribution in [0, 0.1) is 0 Å². The molecule has 0 atom stereocenters. The molecule has 2 N–H and O–H groups in total. The lowest BCUT2D eigenvalue weighted by molar-refractivity contribution is -0.137. The van der Waals surface area contributed by atoms with E-state index in [9.17, 15) is 22.8 Å². The highest BCUT2D eigenvalue weighted by Gasteiger charge is 2.30. The fourth-order valence-electron chi connectivity index (χ4n) is 5.24. The first-order valence-electron chi connectivity index (χ1n) is 14.8. The highest BCUT2D eigenvalue weighted by atomic mass is 32.2. The minimum Gasteiger partial charge on any atom is -0.353 e. The van der Waals surface area contributed by atoms with Gasteiger partial charge in [0, 0.05) is 49.8 Å². The van der Waals surface area contributed by atoms with Gasteiger partial charge in [-0.05, 0) is 67.5 Å². The monoisotopic (exact) mass is 657 g/mol. The van der Waals surface area contributed by atoms with Crippen LogP contribution in [0.3, 0.4) is 0 Å². The molecule has 0 unspecified atom stereocenters. The van der Waals surface area contributed by atoms with Gasteiger partial charge in [0.25, 0.3) is 5.91 Å². The molecule has 1 saturated heterocycles. The van der Waals surface area contributed by atoms with Gasteiger partial charge in [0.2, 0.25) is 5.91 Å². The molecule has 240 valence electrons. The van der Waals surface area contributed by atoms with Crippen molar-refractivity contribution in [1.82, 2.24) is 25.5 Å². The molecule has 12 heteroatoms. The Balaban J connectivity index is 1.16. The lowest BCUT2D eigenvalue weighted by atomic mass is 9.97. The maximum Gasteiger partial charge on any atom is 0.416 e. The van der Waals surface area contributed by atoms with Crippen LogP contribution < -0.4 is 10.6 Å². The third kappa shape index (κ3) is 10.1. The van der Waals surface area contributed by atoms with Crippen LogP contribution in [0.1, 0.15) is 47.2 Å². The molecule has 1 aliphatic heterocycles. The van der Waals surface area contributed by atoms with Crippen molar-refractivity contribution in [1.29, 1.82) is 0 Å². The molecule has 1 aromatic heterocycles.